The van der Waals surface area contributed by atoms with E-state index < -0.39 is 9.84 Å². The molecule has 2 saturated heterocycles. The number of sulfone groups is 1. The molecular formula is C18H28N2O2S. The highest BCUT2D eigenvalue weighted by Crippen LogP contribution is 2.28. The zero-order valence-corrected chi connectivity index (χ0v) is 15.1. The molecule has 0 unspecified atom stereocenters. The topological polar surface area (TPSA) is 40.6 Å². The van der Waals surface area contributed by atoms with Gasteiger partial charge in [0.05, 0.1) is 11.5 Å². The molecule has 2 aliphatic heterocycles. The van der Waals surface area contributed by atoms with Crippen LogP contribution >= 0.6 is 0 Å². The molecule has 1 aromatic rings. The van der Waals surface area contributed by atoms with Crippen molar-refractivity contribution < 1.29 is 8.42 Å². The van der Waals surface area contributed by atoms with Gasteiger partial charge in [-0.05, 0) is 37.8 Å². The second-order valence-electron chi connectivity index (χ2n) is 6.99. The maximum atomic E-state index is 11.6. The number of benzene rings is 1. The van der Waals surface area contributed by atoms with Crippen molar-refractivity contribution >= 4 is 9.84 Å². The minimum atomic E-state index is -2.77. The zero-order chi connectivity index (χ0) is 16.4. The van der Waals surface area contributed by atoms with E-state index in [1.165, 1.54) is 11.1 Å². The molecule has 0 bridgehead atoms. The van der Waals surface area contributed by atoms with Crippen LogP contribution in [-0.4, -0.2) is 61.9 Å². The lowest BCUT2D eigenvalue weighted by molar-refractivity contribution is 0.0925. The van der Waals surface area contributed by atoms with Gasteiger partial charge in [0.2, 0.25) is 0 Å². The van der Waals surface area contributed by atoms with Gasteiger partial charge >= 0.3 is 0 Å². The first-order valence-electron chi connectivity index (χ1n) is 8.70. The summed E-state index contributed by atoms with van der Waals surface area (Å²) in [5.74, 6) is 0.680. The van der Waals surface area contributed by atoms with E-state index in [1.807, 2.05) is 0 Å². The molecular weight excluding hydrogens is 308 g/mol. The monoisotopic (exact) mass is 336 g/mol. The molecule has 2 fully saturated rings. The Morgan fingerprint density at radius 3 is 2.26 bits per heavy atom. The normalized spacial score (nSPS) is 25.3. The molecule has 0 spiro atoms. The Kier molecular flexibility index (Phi) is 5.09. The van der Waals surface area contributed by atoms with Gasteiger partial charge in [0.25, 0.3) is 0 Å². The van der Waals surface area contributed by atoms with E-state index in [1.54, 1.807) is 0 Å². The largest absolute Gasteiger partial charge is 0.298 e. The molecule has 128 valence electrons. The summed E-state index contributed by atoms with van der Waals surface area (Å²) >= 11 is 0. The summed E-state index contributed by atoms with van der Waals surface area (Å²) in [5, 5.41) is 0. The third-order valence-electron chi connectivity index (χ3n) is 5.58. The van der Waals surface area contributed by atoms with E-state index in [9.17, 15) is 8.42 Å². The van der Waals surface area contributed by atoms with Crippen LogP contribution in [0, 0.1) is 6.92 Å². The van der Waals surface area contributed by atoms with Crippen molar-refractivity contribution in [2.45, 2.75) is 38.8 Å². The van der Waals surface area contributed by atoms with Crippen LogP contribution in [0.5, 0.6) is 0 Å². The van der Waals surface area contributed by atoms with E-state index in [0.29, 0.717) is 23.6 Å². The van der Waals surface area contributed by atoms with Crippen LogP contribution in [0.2, 0.25) is 0 Å². The lowest BCUT2D eigenvalue weighted by Gasteiger charge is -2.42. The Hall–Kier alpha value is -0.910. The summed E-state index contributed by atoms with van der Waals surface area (Å²) in [5.41, 5.74) is 2.79. The standard InChI is InChI=1S/C18H28N2O2S/c1-15-5-3-4-6-18(15)16(2)19-9-7-17(8-10-19)20-11-13-23(21,22)14-12-20/h3-6,16-17H,7-14H2,1-2H3/t16-/m0/s1. The van der Waals surface area contributed by atoms with Crippen LogP contribution in [0.25, 0.3) is 0 Å². The Morgan fingerprint density at radius 2 is 1.65 bits per heavy atom. The predicted molar refractivity (Wildman–Crippen MR) is 94.4 cm³/mol. The van der Waals surface area contributed by atoms with Crippen LogP contribution in [0.1, 0.15) is 36.9 Å². The first-order chi connectivity index (χ1) is 11.0. The van der Waals surface area contributed by atoms with Gasteiger partial charge in [-0.2, -0.15) is 0 Å². The molecule has 23 heavy (non-hydrogen) atoms. The number of hydrogen-bond acceptors (Lipinski definition) is 4. The maximum absolute atomic E-state index is 11.6. The molecule has 2 aliphatic rings. The Morgan fingerprint density at radius 1 is 1.04 bits per heavy atom. The molecule has 0 N–H and O–H groups in total. The van der Waals surface area contributed by atoms with Crippen molar-refractivity contribution in [3.63, 3.8) is 0 Å². The molecule has 4 nitrogen and oxygen atoms in total. The average molecular weight is 337 g/mol. The molecule has 0 radical (unpaired) electrons. The third kappa shape index (κ3) is 3.95. The average Bonchev–Trinajstić information content (AvgIpc) is 2.55. The summed E-state index contributed by atoms with van der Waals surface area (Å²) in [7, 11) is -2.77. The van der Waals surface area contributed by atoms with E-state index >= 15 is 0 Å². The summed E-state index contributed by atoms with van der Waals surface area (Å²) in [6, 6.07) is 9.67. The highest BCUT2D eigenvalue weighted by molar-refractivity contribution is 7.91. The number of likely N-dealkylation sites (tertiary alicyclic amines) is 1. The van der Waals surface area contributed by atoms with E-state index in [2.05, 4.69) is 47.9 Å². The fourth-order valence-electron chi connectivity index (χ4n) is 3.98. The van der Waals surface area contributed by atoms with Crippen molar-refractivity contribution in [1.29, 1.82) is 0 Å². The van der Waals surface area contributed by atoms with E-state index in [4.69, 9.17) is 0 Å². The smallest absolute Gasteiger partial charge is 0.152 e. The minimum absolute atomic E-state index is 0.340. The predicted octanol–water partition coefficient (Wildman–Crippen LogP) is 2.25. The molecule has 2 heterocycles. The number of aryl methyl sites for hydroxylation is 1. The first kappa shape index (κ1) is 16.9. The van der Waals surface area contributed by atoms with Gasteiger partial charge in [-0.15, -0.1) is 0 Å². The molecule has 0 saturated carbocycles. The molecule has 0 aromatic heterocycles. The summed E-state index contributed by atoms with van der Waals surface area (Å²) in [6.45, 7) is 8.14. The summed E-state index contributed by atoms with van der Waals surface area (Å²) in [6.07, 6.45) is 2.30. The molecule has 3 rings (SSSR count). The highest BCUT2D eigenvalue weighted by atomic mass is 32.2. The highest BCUT2D eigenvalue weighted by Gasteiger charge is 2.31. The van der Waals surface area contributed by atoms with Gasteiger partial charge in [0.15, 0.2) is 9.84 Å². The van der Waals surface area contributed by atoms with E-state index in [0.717, 1.165) is 39.0 Å². The van der Waals surface area contributed by atoms with Gasteiger partial charge in [-0.25, -0.2) is 8.42 Å². The van der Waals surface area contributed by atoms with Crippen LogP contribution in [0.3, 0.4) is 0 Å². The third-order valence-corrected chi connectivity index (χ3v) is 7.19. The van der Waals surface area contributed by atoms with Crippen molar-refractivity contribution in [2.24, 2.45) is 0 Å². The van der Waals surface area contributed by atoms with Crippen molar-refractivity contribution in [3.05, 3.63) is 35.4 Å². The van der Waals surface area contributed by atoms with Crippen molar-refractivity contribution in [3.8, 4) is 0 Å². The fraction of sp³-hybridized carbons (Fsp3) is 0.667. The van der Waals surface area contributed by atoms with Gasteiger partial charge in [0, 0.05) is 38.3 Å². The fourth-order valence-corrected chi connectivity index (χ4v) is 5.21. The lowest BCUT2D eigenvalue weighted by atomic mass is 9.97. The Bertz CT molecular complexity index is 622. The molecule has 1 aromatic carbocycles. The summed E-state index contributed by atoms with van der Waals surface area (Å²) in [4.78, 5) is 4.97. The van der Waals surface area contributed by atoms with Gasteiger partial charge in [0.1, 0.15) is 0 Å². The van der Waals surface area contributed by atoms with Crippen LogP contribution < -0.4 is 0 Å². The second kappa shape index (κ2) is 6.91. The molecule has 0 aliphatic carbocycles. The maximum Gasteiger partial charge on any atom is 0.152 e. The second-order valence-corrected chi connectivity index (χ2v) is 9.29. The quantitative estimate of drug-likeness (QED) is 0.849. The van der Waals surface area contributed by atoms with Crippen LogP contribution in [-0.2, 0) is 9.84 Å². The lowest BCUT2D eigenvalue weighted by Crippen LogP contribution is -2.50. The minimum Gasteiger partial charge on any atom is -0.298 e. The number of piperidine rings is 1. The Labute approximate surface area is 140 Å². The SMILES string of the molecule is Cc1ccccc1[C@H](C)N1CCC(N2CCS(=O)(=O)CC2)CC1. The van der Waals surface area contributed by atoms with Crippen LogP contribution in [0.15, 0.2) is 24.3 Å². The molecule has 5 heteroatoms. The zero-order valence-electron chi connectivity index (χ0n) is 14.2. The van der Waals surface area contributed by atoms with Gasteiger partial charge in [-0.3, -0.25) is 9.80 Å². The van der Waals surface area contributed by atoms with Crippen LogP contribution in [0.4, 0.5) is 0 Å². The number of rotatable bonds is 3. The van der Waals surface area contributed by atoms with Crippen molar-refractivity contribution in [1.82, 2.24) is 9.80 Å². The van der Waals surface area contributed by atoms with Crippen molar-refractivity contribution in [2.75, 3.05) is 37.7 Å². The van der Waals surface area contributed by atoms with Gasteiger partial charge < -0.3 is 0 Å². The molecule has 0 amide bonds. The summed E-state index contributed by atoms with van der Waals surface area (Å²) < 4.78 is 23.1. The Balaban J connectivity index is 1.55. The van der Waals surface area contributed by atoms with Gasteiger partial charge in [-0.1, -0.05) is 24.3 Å². The number of nitrogens with zero attached hydrogens (tertiary/aromatic N) is 2. The molecule has 1 atom stereocenters. The van der Waals surface area contributed by atoms with E-state index in [-0.39, 0.29) is 0 Å². The number of hydrogen-bond donors (Lipinski definition) is 0. The first-order valence-corrected chi connectivity index (χ1v) is 10.5.